The number of hydrogen-bond acceptors (Lipinski definition) is 5. The van der Waals surface area contributed by atoms with Gasteiger partial charge in [0.25, 0.3) is 5.91 Å². The fraction of sp³-hybridized carbons (Fsp3) is 0.125. The highest BCUT2D eigenvalue weighted by Gasteiger charge is 2.04. The van der Waals surface area contributed by atoms with Crippen LogP contribution in [-0.4, -0.2) is 28.9 Å². The van der Waals surface area contributed by atoms with Gasteiger partial charge in [-0.3, -0.25) is 4.79 Å². The maximum Gasteiger partial charge on any atom is 0.277 e. The van der Waals surface area contributed by atoms with E-state index >= 15 is 0 Å². The summed E-state index contributed by atoms with van der Waals surface area (Å²) in [5, 5.41) is 22.4. The number of amides is 1. The molecule has 0 aliphatic heterocycles. The maximum atomic E-state index is 11.6. The Bertz CT molecular complexity index is 698. The van der Waals surface area contributed by atoms with Gasteiger partial charge in [-0.15, -0.1) is 0 Å². The van der Waals surface area contributed by atoms with Gasteiger partial charge < -0.3 is 14.9 Å². The van der Waals surface area contributed by atoms with Crippen LogP contribution in [0.4, 0.5) is 0 Å². The van der Waals surface area contributed by atoms with Gasteiger partial charge in [-0.2, -0.15) is 5.10 Å². The van der Waals surface area contributed by atoms with E-state index in [0.29, 0.717) is 11.3 Å². The predicted octanol–water partition coefficient (Wildman–Crippen LogP) is 1.94. The summed E-state index contributed by atoms with van der Waals surface area (Å²) in [4.78, 5) is 11.6. The monoisotopic (exact) mass is 300 g/mol. The van der Waals surface area contributed by atoms with Crippen molar-refractivity contribution in [1.29, 1.82) is 0 Å². The molecular formula is C16H16N2O4. The number of aromatic hydroxyl groups is 2. The SMILES string of the molecule is Cc1ccccc1OCC(=O)N/N=C/c1ccc(O)cc1O. The average Bonchev–Trinajstić information content (AvgIpc) is 2.49. The predicted molar refractivity (Wildman–Crippen MR) is 82.2 cm³/mol. The van der Waals surface area contributed by atoms with Gasteiger partial charge in [0.05, 0.1) is 6.21 Å². The Hall–Kier alpha value is -3.02. The van der Waals surface area contributed by atoms with Crippen LogP contribution in [-0.2, 0) is 4.79 Å². The van der Waals surface area contributed by atoms with Crippen LogP contribution in [0.5, 0.6) is 17.2 Å². The van der Waals surface area contributed by atoms with Crippen LogP contribution in [0.15, 0.2) is 47.6 Å². The highest BCUT2D eigenvalue weighted by molar-refractivity contribution is 5.85. The second-order valence-corrected chi connectivity index (χ2v) is 4.59. The molecule has 0 aromatic heterocycles. The molecule has 0 fully saturated rings. The Balaban J connectivity index is 1.85. The van der Waals surface area contributed by atoms with Crippen LogP contribution in [0.3, 0.4) is 0 Å². The van der Waals surface area contributed by atoms with Crippen molar-refractivity contribution in [3.63, 3.8) is 0 Å². The van der Waals surface area contributed by atoms with E-state index in [1.54, 1.807) is 6.07 Å². The molecule has 6 heteroatoms. The number of ether oxygens (including phenoxy) is 1. The minimum absolute atomic E-state index is 0.0506. The quantitative estimate of drug-likeness (QED) is 0.581. The zero-order chi connectivity index (χ0) is 15.9. The van der Waals surface area contributed by atoms with Gasteiger partial charge in [0.1, 0.15) is 17.2 Å². The number of phenols is 2. The lowest BCUT2D eigenvalue weighted by Crippen LogP contribution is -2.24. The first-order chi connectivity index (χ1) is 10.6. The molecule has 114 valence electrons. The molecule has 2 aromatic carbocycles. The van der Waals surface area contributed by atoms with E-state index in [1.165, 1.54) is 24.4 Å². The Labute approximate surface area is 127 Å². The summed E-state index contributed by atoms with van der Waals surface area (Å²) in [7, 11) is 0. The summed E-state index contributed by atoms with van der Waals surface area (Å²) in [6, 6.07) is 11.4. The number of para-hydroxylation sites is 1. The summed E-state index contributed by atoms with van der Waals surface area (Å²) < 4.78 is 5.37. The molecule has 1 amide bonds. The van der Waals surface area contributed by atoms with Crippen molar-refractivity contribution < 1.29 is 19.7 Å². The van der Waals surface area contributed by atoms with Gasteiger partial charge in [-0.25, -0.2) is 5.43 Å². The number of nitrogens with zero attached hydrogens (tertiary/aromatic N) is 1. The molecule has 0 aliphatic carbocycles. The number of carbonyl (C=O) groups is 1. The van der Waals surface area contributed by atoms with E-state index in [-0.39, 0.29) is 18.1 Å². The first-order valence-electron chi connectivity index (χ1n) is 6.58. The Kier molecular flexibility index (Phi) is 4.98. The van der Waals surface area contributed by atoms with Crippen molar-refractivity contribution in [1.82, 2.24) is 5.43 Å². The number of carbonyl (C=O) groups excluding carboxylic acids is 1. The van der Waals surface area contributed by atoms with Crippen molar-refractivity contribution >= 4 is 12.1 Å². The highest BCUT2D eigenvalue weighted by atomic mass is 16.5. The number of rotatable bonds is 5. The summed E-state index contributed by atoms with van der Waals surface area (Å²) in [5.74, 6) is 0.0371. The summed E-state index contributed by atoms with van der Waals surface area (Å²) >= 11 is 0. The van der Waals surface area contributed by atoms with Gasteiger partial charge >= 0.3 is 0 Å². The molecule has 0 saturated carbocycles. The third-order valence-corrected chi connectivity index (χ3v) is 2.86. The minimum Gasteiger partial charge on any atom is -0.508 e. The molecule has 0 saturated heterocycles. The van der Waals surface area contributed by atoms with Crippen LogP contribution >= 0.6 is 0 Å². The smallest absolute Gasteiger partial charge is 0.277 e. The van der Waals surface area contributed by atoms with Gasteiger partial charge in [0.2, 0.25) is 0 Å². The largest absolute Gasteiger partial charge is 0.508 e. The molecular weight excluding hydrogens is 284 g/mol. The molecule has 2 rings (SSSR count). The molecule has 2 aromatic rings. The average molecular weight is 300 g/mol. The van der Waals surface area contributed by atoms with Crippen LogP contribution in [0, 0.1) is 6.92 Å². The third-order valence-electron chi connectivity index (χ3n) is 2.86. The number of nitrogens with one attached hydrogen (secondary N) is 1. The number of aryl methyl sites for hydroxylation is 1. The van der Waals surface area contributed by atoms with Crippen LogP contribution < -0.4 is 10.2 Å². The lowest BCUT2D eigenvalue weighted by molar-refractivity contribution is -0.123. The second kappa shape index (κ2) is 7.12. The van der Waals surface area contributed by atoms with Crippen molar-refractivity contribution in [2.24, 2.45) is 5.10 Å². The van der Waals surface area contributed by atoms with Gasteiger partial charge in [0.15, 0.2) is 6.61 Å². The molecule has 0 unspecified atom stereocenters. The van der Waals surface area contributed by atoms with Crippen molar-refractivity contribution in [2.75, 3.05) is 6.61 Å². The standard InChI is InChI=1S/C16H16N2O4/c1-11-4-2-3-5-15(11)22-10-16(21)18-17-9-12-6-7-13(19)8-14(12)20/h2-9,19-20H,10H2,1H3,(H,18,21)/b17-9+. The van der Waals surface area contributed by atoms with Crippen molar-refractivity contribution in [3.05, 3.63) is 53.6 Å². The van der Waals surface area contributed by atoms with Gasteiger partial charge in [-0.1, -0.05) is 18.2 Å². The highest BCUT2D eigenvalue weighted by Crippen LogP contribution is 2.20. The number of hydrogen-bond donors (Lipinski definition) is 3. The zero-order valence-corrected chi connectivity index (χ0v) is 12.0. The van der Waals surface area contributed by atoms with E-state index in [2.05, 4.69) is 10.5 Å². The molecule has 0 aliphatic rings. The van der Waals surface area contributed by atoms with E-state index in [0.717, 1.165) is 5.56 Å². The lowest BCUT2D eigenvalue weighted by atomic mass is 10.2. The number of phenolic OH excluding ortho intramolecular Hbond substituents is 2. The normalized spacial score (nSPS) is 10.6. The van der Waals surface area contributed by atoms with Crippen molar-refractivity contribution in [2.45, 2.75) is 6.92 Å². The molecule has 0 heterocycles. The minimum atomic E-state index is -0.419. The zero-order valence-electron chi connectivity index (χ0n) is 12.0. The summed E-state index contributed by atoms with van der Waals surface area (Å²) in [6.45, 7) is 1.72. The summed E-state index contributed by atoms with van der Waals surface area (Å²) in [6.07, 6.45) is 1.28. The first-order valence-corrected chi connectivity index (χ1v) is 6.58. The number of benzene rings is 2. The van der Waals surface area contributed by atoms with Crippen LogP contribution in [0.1, 0.15) is 11.1 Å². The molecule has 0 spiro atoms. The first kappa shape index (κ1) is 15.4. The number of hydrazone groups is 1. The maximum absolute atomic E-state index is 11.6. The van der Waals surface area contributed by atoms with Crippen molar-refractivity contribution in [3.8, 4) is 17.2 Å². The Morgan fingerprint density at radius 2 is 2.05 bits per heavy atom. The molecule has 0 bridgehead atoms. The van der Waals surface area contributed by atoms with Gasteiger partial charge in [-0.05, 0) is 30.7 Å². The van der Waals surface area contributed by atoms with Crippen LogP contribution in [0.2, 0.25) is 0 Å². The van der Waals surface area contributed by atoms with E-state index < -0.39 is 5.91 Å². The molecule has 0 radical (unpaired) electrons. The topological polar surface area (TPSA) is 91.2 Å². The fourth-order valence-corrected chi connectivity index (χ4v) is 1.71. The Morgan fingerprint density at radius 3 is 2.77 bits per heavy atom. The van der Waals surface area contributed by atoms with Gasteiger partial charge in [0, 0.05) is 11.6 Å². The lowest BCUT2D eigenvalue weighted by Gasteiger charge is -2.07. The molecule has 3 N–H and O–H groups in total. The summed E-state index contributed by atoms with van der Waals surface area (Å²) in [5.41, 5.74) is 3.61. The Morgan fingerprint density at radius 1 is 1.27 bits per heavy atom. The van der Waals surface area contributed by atoms with E-state index in [4.69, 9.17) is 9.84 Å². The fourth-order valence-electron chi connectivity index (χ4n) is 1.71. The molecule has 22 heavy (non-hydrogen) atoms. The second-order valence-electron chi connectivity index (χ2n) is 4.59. The molecule has 6 nitrogen and oxygen atoms in total. The molecule has 0 atom stereocenters. The third kappa shape index (κ3) is 4.24. The van der Waals surface area contributed by atoms with Crippen LogP contribution in [0.25, 0.3) is 0 Å². The van der Waals surface area contributed by atoms with E-state index in [9.17, 15) is 9.90 Å². The van der Waals surface area contributed by atoms with E-state index in [1.807, 2.05) is 25.1 Å².